The minimum atomic E-state index is -0.702. The molecule has 1 heterocycles. The van der Waals surface area contributed by atoms with E-state index in [1.807, 2.05) is 0 Å². The molecular formula is C17H12ClNO5S. The number of nitro groups is 1. The monoisotopic (exact) mass is 377 g/mol. The minimum absolute atomic E-state index is 0.0274. The number of phenolic OH excluding ortho intramolecular Hbond substituents is 1. The molecule has 0 bridgehead atoms. The van der Waals surface area contributed by atoms with E-state index in [0.717, 1.165) is 4.90 Å². The Labute approximate surface area is 152 Å². The quantitative estimate of drug-likeness (QED) is 0.486. The van der Waals surface area contributed by atoms with Crippen molar-refractivity contribution in [3.8, 4) is 11.5 Å². The summed E-state index contributed by atoms with van der Waals surface area (Å²) < 4.78 is 4.97. The number of nitro benzene ring substituents is 1. The van der Waals surface area contributed by atoms with Crippen LogP contribution in [0.25, 0.3) is 6.08 Å². The van der Waals surface area contributed by atoms with E-state index in [-0.39, 0.29) is 11.5 Å². The highest BCUT2D eigenvalue weighted by Crippen LogP contribution is 2.39. The van der Waals surface area contributed by atoms with Crippen molar-refractivity contribution < 1.29 is 19.6 Å². The lowest BCUT2D eigenvalue weighted by Gasteiger charge is -2.17. The first-order valence-corrected chi connectivity index (χ1v) is 8.50. The van der Waals surface area contributed by atoms with Gasteiger partial charge < -0.3 is 9.84 Å². The summed E-state index contributed by atoms with van der Waals surface area (Å²) in [4.78, 5) is 23.9. The molecule has 1 aliphatic rings. The molecule has 0 amide bonds. The van der Waals surface area contributed by atoms with Gasteiger partial charge in [0.15, 0.2) is 11.5 Å². The van der Waals surface area contributed by atoms with Crippen LogP contribution in [0.4, 0.5) is 5.69 Å². The summed E-state index contributed by atoms with van der Waals surface area (Å²) in [5, 5.41) is 21.4. The van der Waals surface area contributed by atoms with Crippen LogP contribution >= 0.6 is 23.4 Å². The van der Waals surface area contributed by atoms with Gasteiger partial charge in [-0.3, -0.25) is 14.9 Å². The van der Waals surface area contributed by atoms with E-state index in [9.17, 15) is 20.0 Å². The summed E-state index contributed by atoms with van der Waals surface area (Å²) in [6.45, 7) is 0. The van der Waals surface area contributed by atoms with Gasteiger partial charge in [-0.15, -0.1) is 11.8 Å². The van der Waals surface area contributed by atoms with Crippen molar-refractivity contribution in [1.82, 2.24) is 0 Å². The summed E-state index contributed by atoms with van der Waals surface area (Å²) >= 11 is 7.45. The number of phenols is 1. The average molecular weight is 378 g/mol. The normalized spacial score (nSPS) is 15.1. The highest BCUT2D eigenvalue weighted by Gasteiger charge is 2.24. The number of fused-ring (bicyclic) bond motifs is 1. The first-order chi connectivity index (χ1) is 11.9. The first kappa shape index (κ1) is 17.3. The second-order valence-corrected chi connectivity index (χ2v) is 6.73. The Kier molecular flexibility index (Phi) is 4.69. The molecule has 2 aromatic carbocycles. The number of hydrogen-bond acceptors (Lipinski definition) is 6. The Morgan fingerprint density at radius 2 is 2.12 bits per heavy atom. The molecule has 0 saturated heterocycles. The average Bonchev–Trinajstić information content (AvgIpc) is 2.58. The number of hydrogen-bond donors (Lipinski definition) is 1. The second-order valence-electron chi connectivity index (χ2n) is 5.28. The van der Waals surface area contributed by atoms with Crippen molar-refractivity contribution in [1.29, 1.82) is 0 Å². The molecule has 2 aromatic rings. The number of methoxy groups -OCH3 is 1. The number of thioether (sulfide) groups is 1. The van der Waals surface area contributed by atoms with Crippen LogP contribution in [0.5, 0.6) is 11.5 Å². The van der Waals surface area contributed by atoms with Gasteiger partial charge in [0.1, 0.15) is 0 Å². The lowest BCUT2D eigenvalue weighted by atomic mass is 10.0. The molecule has 0 aromatic heterocycles. The van der Waals surface area contributed by atoms with Gasteiger partial charge in [-0.2, -0.15) is 0 Å². The largest absolute Gasteiger partial charge is 0.500 e. The Morgan fingerprint density at radius 1 is 1.36 bits per heavy atom. The van der Waals surface area contributed by atoms with E-state index in [2.05, 4.69) is 0 Å². The maximum absolute atomic E-state index is 12.7. The van der Waals surface area contributed by atoms with Gasteiger partial charge in [0.05, 0.1) is 12.0 Å². The topological polar surface area (TPSA) is 89.7 Å². The van der Waals surface area contributed by atoms with Crippen molar-refractivity contribution in [2.24, 2.45) is 0 Å². The highest BCUT2D eigenvalue weighted by atomic mass is 35.5. The Balaban J connectivity index is 2.05. The zero-order valence-corrected chi connectivity index (χ0v) is 14.6. The van der Waals surface area contributed by atoms with Crippen molar-refractivity contribution in [3.05, 3.63) is 62.2 Å². The number of carbonyl (C=O) groups is 1. The smallest absolute Gasteiger partial charge is 0.315 e. The molecule has 1 aliphatic heterocycles. The molecule has 128 valence electrons. The van der Waals surface area contributed by atoms with E-state index in [1.165, 1.54) is 31.0 Å². The molecule has 0 aliphatic carbocycles. The van der Waals surface area contributed by atoms with Crippen LogP contribution in [-0.4, -0.2) is 28.7 Å². The third kappa shape index (κ3) is 3.33. The van der Waals surface area contributed by atoms with Crippen molar-refractivity contribution in [2.75, 3.05) is 12.9 Å². The lowest BCUT2D eigenvalue weighted by Crippen LogP contribution is -2.12. The molecule has 3 rings (SSSR count). The number of carbonyl (C=O) groups excluding carboxylic acids is 1. The van der Waals surface area contributed by atoms with Crippen molar-refractivity contribution >= 4 is 40.9 Å². The summed E-state index contributed by atoms with van der Waals surface area (Å²) in [7, 11) is 1.30. The van der Waals surface area contributed by atoms with Gasteiger partial charge in [-0.1, -0.05) is 11.6 Å². The minimum Gasteiger partial charge on any atom is -0.500 e. The van der Waals surface area contributed by atoms with Gasteiger partial charge in [0.2, 0.25) is 5.75 Å². The van der Waals surface area contributed by atoms with Crippen LogP contribution in [0.3, 0.4) is 0 Å². The predicted molar refractivity (Wildman–Crippen MR) is 95.8 cm³/mol. The number of rotatable bonds is 3. The van der Waals surface area contributed by atoms with E-state index in [1.54, 1.807) is 24.3 Å². The van der Waals surface area contributed by atoms with Crippen LogP contribution in [-0.2, 0) is 0 Å². The maximum atomic E-state index is 12.7. The number of ketones is 1. The standard InChI is InChI=1S/C17H12ClNO5S/c1-24-14-6-9(5-13(17(14)21)19(22)23)4-10-8-25-15-3-2-11(18)7-12(15)16(10)20/h2-7,21H,8H2,1H3/b10-4-. The summed E-state index contributed by atoms with van der Waals surface area (Å²) in [5.74, 6) is -0.313. The number of nitrogens with zero attached hydrogens (tertiary/aromatic N) is 1. The second kappa shape index (κ2) is 6.78. The Morgan fingerprint density at radius 3 is 2.80 bits per heavy atom. The highest BCUT2D eigenvalue weighted by molar-refractivity contribution is 7.99. The Hall–Kier alpha value is -2.51. The number of benzene rings is 2. The van der Waals surface area contributed by atoms with Gasteiger partial charge in [0, 0.05) is 32.9 Å². The van der Waals surface area contributed by atoms with E-state index >= 15 is 0 Å². The molecule has 1 N–H and O–H groups in total. The van der Waals surface area contributed by atoms with E-state index in [4.69, 9.17) is 16.3 Å². The molecule has 0 fully saturated rings. The molecule has 25 heavy (non-hydrogen) atoms. The summed E-state index contributed by atoms with van der Waals surface area (Å²) in [6, 6.07) is 7.78. The number of halogens is 1. The van der Waals surface area contributed by atoms with Crippen molar-refractivity contribution in [2.45, 2.75) is 4.90 Å². The zero-order valence-electron chi connectivity index (χ0n) is 13.0. The zero-order chi connectivity index (χ0) is 18.1. The molecule has 0 spiro atoms. The third-order valence-electron chi connectivity index (χ3n) is 3.70. The SMILES string of the molecule is COc1cc(/C=C2/CSc3ccc(Cl)cc3C2=O)cc([N+](=O)[O-])c1O. The third-order valence-corrected chi connectivity index (χ3v) is 5.05. The fourth-order valence-corrected chi connectivity index (χ4v) is 3.67. The van der Waals surface area contributed by atoms with Crippen LogP contribution in [0.15, 0.2) is 40.8 Å². The molecule has 0 unspecified atom stereocenters. The summed E-state index contributed by atoms with van der Waals surface area (Å²) in [5.41, 5.74) is 0.915. The van der Waals surface area contributed by atoms with Crippen LogP contribution in [0, 0.1) is 10.1 Å². The van der Waals surface area contributed by atoms with Gasteiger partial charge in [-0.25, -0.2) is 0 Å². The van der Waals surface area contributed by atoms with Gasteiger partial charge in [0.25, 0.3) is 0 Å². The van der Waals surface area contributed by atoms with Crippen LogP contribution in [0.2, 0.25) is 5.02 Å². The molecule has 0 saturated carbocycles. The Bertz CT molecular complexity index is 925. The van der Waals surface area contributed by atoms with Crippen LogP contribution < -0.4 is 4.74 Å². The number of aromatic hydroxyl groups is 1. The maximum Gasteiger partial charge on any atom is 0.315 e. The fraction of sp³-hybridized carbons (Fsp3) is 0.118. The lowest BCUT2D eigenvalue weighted by molar-refractivity contribution is -0.386. The molecular weight excluding hydrogens is 366 g/mol. The number of Topliss-reactive ketones (excluding diaryl/α,β-unsaturated/α-hetero) is 1. The first-order valence-electron chi connectivity index (χ1n) is 7.13. The fourth-order valence-electron chi connectivity index (χ4n) is 2.50. The molecule has 0 radical (unpaired) electrons. The predicted octanol–water partition coefficient (Wildman–Crippen LogP) is 4.33. The molecule has 0 atom stereocenters. The van der Waals surface area contributed by atoms with Gasteiger partial charge >= 0.3 is 5.69 Å². The van der Waals surface area contributed by atoms with Crippen molar-refractivity contribution in [3.63, 3.8) is 0 Å². The van der Waals surface area contributed by atoms with Crippen LogP contribution in [0.1, 0.15) is 15.9 Å². The molecule has 6 nitrogen and oxygen atoms in total. The van der Waals surface area contributed by atoms with Gasteiger partial charge in [-0.05, 0) is 35.9 Å². The summed E-state index contributed by atoms with van der Waals surface area (Å²) in [6.07, 6.45) is 1.56. The van der Waals surface area contributed by atoms with E-state index < -0.39 is 16.4 Å². The number of ether oxygens (including phenoxy) is 1. The van der Waals surface area contributed by atoms with E-state index in [0.29, 0.717) is 27.5 Å². The molecule has 8 heteroatoms.